The van der Waals surface area contributed by atoms with Crippen LogP contribution in [0.5, 0.6) is 5.75 Å². The molecule has 2 N–H and O–H groups in total. The summed E-state index contributed by atoms with van der Waals surface area (Å²) in [7, 11) is 1.52. The molecule has 0 unspecified atom stereocenters. The maximum atomic E-state index is 13.9. The predicted octanol–water partition coefficient (Wildman–Crippen LogP) is 3.11. The topological polar surface area (TPSA) is 59.1 Å². The molecule has 106 valence electrons. The summed E-state index contributed by atoms with van der Waals surface area (Å²) in [4.78, 5) is 8.19. The Labute approximate surface area is 117 Å². The van der Waals surface area contributed by atoms with Crippen LogP contribution in [-0.2, 0) is 0 Å². The predicted molar refractivity (Wildman–Crippen MR) is 77.2 cm³/mol. The molecule has 0 aliphatic carbocycles. The molecule has 2 rings (SSSR count). The summed E-state index contributed by atoms with van der Waals surface area (Å²) in [5.41, 5.74) is 1.20. The van der Waals surface area contributed by atoms with Gasteiger partial charge in [0.25, 0.3) is 0 Å². The molecule has 0 atom stereocenters. The molecule has 0 amide bonds. The van der Waals surface area contributed by atoms with Gasteiger partial charge >= 0.3 is 0 Å². The number of rotatable bonds is 5. The first-order valence-electron chi connectivity index (χ1n) is 6.31. The van der Waals surface area contributed by atoms with Crippen molar-refractivity contribution in [3.05, 3.63) is 35.9 Å². The van der Waals surface area contributed by atoms with Crippen LogP contribution in [0.1, 0.15) is 12.5 Å². The zero-order chi connectivity index (χ0) is 14.5. The van der Waals surface area contributed by atoms with E-state index in [2.05, 4.69) is 20.6 Å². The van der Waals surface area contributed by atoms with E-state index in [-0.39, 0.29) is 5.82 Å². The van der Waals surface area contributed by atoms with Crippen molar-refractivity contribution in [2.24, 2.45) is 0 Å². The minimum atomic E-state index is -0.337. The van der Waals surface area contributed by atoms with Crippen molar-refractivity contribution in [1.29, 1.82) is 0 Å². The number of hydrogen-bond acceptors (Lipinski definition) is 5. The van der Waals surface area contributed by atoms with Crippen molar-refractivity contribution < 1.29 is 9.13 Å². The SMILES string of the molecule is CCNc1ncnc(Nc2ccc(C)cc2F)c1OC. The Morgan fingerprint density at radius 2 is 2.00 bits per heavy atom. The Kier molecular flexibility index (Phi) is 4.34. The minimum absolute atomic E-state index is 0.337. The lowest BCUT2D eigenvalue weighted by atomic mass is 10.2. The fourth-order valence-corrected chi connectivity index (χ4v) is 1.80. The summed E-state index contributed by atoms with van der Waals surface area (Å²) >= 11 is 0. The summed E-state index contributed by atoms with van der Waals surface area (Å²) in [6.45, 7) is 4.49. The van der Waals surface area contributed by atoms with Crippen LogP contribution < -0.4 is 15.4 Å². The van der Waals surface area contributed by atoms with E-state index in [1.807, 2.05) is 19.9 Å². The highest BCUT2D eigenvalue weighted by Gasteiger charge is 2.13. The van der Waals surface area contributed by atoms with E-state index in [1.165, 1.54) is 19.5 Å². The van der Waals surface area contributed by atoms with Crippen LogP contribution in [0.15, 0.2) is 24.5 Å². The maximum Gasteiger partial charge on any atom is 0.204 e. The average Bonchev–Trinajstić information content (AvgIpc) is 2.42. The van der Waals surface area contributed by atoms with Crippen molar-refractivity contribution in [3.63, 3.8) is 0 Å². The monoisotopic (exact) mass is 276 g/mol. The van der Waals surface area contributed by atoms with Crippen LogP contribution in [0.2, 0.25) is 0 Å². The molecular formula is C14H17FN4O. The second kappa shape index (κ2) is 6.18. The number of halogens is 1. The third-order valence-electron chi connectivity index (χ3n) is 2.73. The van der Waals surface area contributed by atoms with Gasteiger partial charge in [0.15, 0.2) is 11.6 Å². The first-order chi connectivity index (χ1) is 9.65. The molecule has 0 aliphatic heterocycles. The molecule has 0 saturated heterocycles. The molecule has 20 heavy (non-hydrogen) atoms. The first kappa shape index (κ1) is 14.0. The largest absolute Gasteiger partial charge is 0.490 e. The van der Waals surface area contributed by atoms with Gasteiger partial charge in [-0.15, -0.1) is 0 Å². The highest BCUT2D eigenvalue weighted by molar-refractivity contribution is 5.69. The number of nitrogens with zero attached hydrogens (tertiary/aromatic N) is 2. The number of anilines is 3. The van der Waals surface area contributed by atoms with E-state index >= 15 is 0 Å². The van der Waals surface area contributed by atoms with Crippen LogP contribution in [0.3, 0.4) is 0 Å². The summed E-state index contributed by atoms with van der Waals surface area (Å²) in [5, 5.41) is 5.99. The van der Waals surface area contributed by atoms with Gasteiger partial charge in [0.1, 0.15) is 12.1 Å². The number of ether oxygens (including phenoxy) is 1. The maximum absolute atomic E-state index is 13.9. The lowest BCUT2D eigenvalue weighted by Gasteiger charge is -2.14. The van der Waals surface area contributed by atoms with E-state index in [0.29, 0.717) is 29.6 Å². The van der Waals surface area contributed by atoms with E-state index in [9.17, 15) is 4.39 Å². The van der Waals surface area contributed by atoms with Gasteiger partial charge in [0.05, 0.1) is 12.8 Å². The van der Waals surface area contributed by atoms with Gasteiger partial charge in [-0.25, -0.2) is 14.4 Å². The Balaban J connectivity index is 2.35. The van der Waals surface area contributed by atoms with Crippen LogP contribution in [-0.4, -0.2) is 23.6 Å². The molecule has 0 radical (unpaired) electrons. The fourth-order valence-electron chi connectivity index (χ4n) is 1.80. The third kappa shape index (κ3) is 2.96. The molecule has 1 aromatic carbocycles. The quantitative estimate of drug-likeness (QED) is 0.878. The minimum Gasteiger partial charge on any atom is -0.490 e. The smallest absolute Gasteiger partial charge is 0.204 e. The number of nitrogens with one attached hydrogen (secondary N) is 2. The molecule has 0 bridgehead atoms. The number of aromatic nitrogens is 2. The first-order valence-corrected chi connectivity index (χ1v) is 6.31. The van der Waals surface area contributed by atoms with Crippen LogP contribution in [0, 0.1) is 12.7 Å². The van der Waals surface area contributed by atoms with E-state index in [1.54, 1.807) is 6.07 Å². The van der Waals surface area contributed by atoms with Crippen molar-refractivity contribution >= 4 is 17.3 Å². The van der Waals surface area contributed by atoms with Crippen molar-refractivity contribution in [2.75, 3.05) is 24.3 Å². The Morgan fingerprint density at radius 3 is 2.65 bits per heavy atom. The molecule has 1 aromatic heterocycles. The molecular weight excluding hydrogens is 259 g/mol. The highest BCUT2D eigenvalue weighted by Crippen LogP contribution is 2.31. The second-order valence-electron chi connectivity index (χ2n) is 4.24. The normalized spacial score (nSPS) is 10.2. The van der Waals surface area contributed by atoms with Crippen LogP contribution in [0.25, 0.3) is 0 Å². The Hall–Kier alpha value is -2.37. The zero-order valence-electron chi connectivity index (χ0n) is 11.7. The van der Waals surface area contributed by atoms with Crippen molar-refractivity contribution in [2.45, 2.75) is 13.8 Å². The van der Waals surface area contributed by atoms with Gasteiger partial charge < -0.3 is 15.4 Å². The molecule has 2 aromatic rings. The fraction of sp³-hybridized carbons (Fsp3) is 0.286. The summed E-state index contributed by atoms with van der Waals surface area (Å²) in [6.07, 6.45) is 1.40. The van der Waals surface area contributed by atoms with Gasteiger partial charge in [0.2, 0.25) is 5.75 Å². The number of hydrogen-bond donors (Lipinski definition) is 2. The van der Waals surface area contributed by atoms with Gasteiger partial charge in [-0.2, -0.15) is 0 Å². The molecule has 1 heterocycles. The zero-order valence-corrected chi connectivity index (χ0v) is 11.7. The van der Waals surface area contributed by atoms with Gasteiger partial charge in [-0.1, -0.05) is 6.07 Å². The molecule has 0 saturated carbocycles. The van der Waals surface area contributed by atoms with Crippen molar-refractivity contribution in [3.8, 4) is 5.75 Å². The molecule has 0 aliphatic rings. The van der Waals surface area contributed by atoms with E-state index in [4.69, 9.17) is 4.74 Å². The third-order valence-corrected chi connectivity index (χ3v) is 2.73. The summed E-state index contributed by atoms with van der Waals surface area (Å²) in [5.74, 6) is 1.10. The standard InChI is InChI=1S/C14H17FN4O/c1-4-16-13-12(20-3)14(18-8-17-13)19-11-6-5-9(2)7-10(11)15/h5-8H,4H2,1-3H3,(H2,16,17,18,19). The van der Waals surface area contributed by atoms with Gasteiger partial charge in [-0.05, 0) is 31.5 Å². The average molecular weight is 276 g/mol. The van der Waals surface area contributed by atoms with Crippen LogP contribution >= 0.6 is 0 Å². The summed E-state index contributed by atoms with van der Waals surface area (Å²) in [6, 6.07) is 4.95. The highest BCUT2D eigenvalue weighted by atomic mass is 19.1. The van der Waals surface area contributed by atoms with Crippen molar-refractivity contribution in [1.82, 2.24) is 9.97 Å². The van der Waals surface area contributed by atoms with Gasteiger partial charge in [0, 0.05) is 6.54 Å². The number of aryl methyl sites for hydroxylation is 1. The Morgan fingerprint density at radius 1 is 1.25 bits per heavy atom. The molecule has 6 heteroatoms. The Bertz CT molecular complexity index is 604. The molecule has 0 spiro atoms. The second-order valence-corrected chi connectivity index (χ2v) is 4.24. The molecule has 5 nitrogen and oxygen atoms in total. The van der Waals surface area contributed by atoms with E-state index < -0.39 is 0 Å². The summed E-state index contributed by atoms with van der Waals surface area (Å²) < 4.78 is 19.2. The number of benzene rings is 1. The van der Waals surface area contributed by atoms with Crippen LogP contribution in [0.4, 0.5) is 21.7 Å². The molecule has 0 fully saturated rings. The van der Waals surface area contributed by atoms with E-state index in [0.717, 1.165) is 5.56 Å². The lowest BCUT2D eigenvalue weighted by molar-refractivity contribution is 0.415. The lowest BCUT2D eigenvalue weighted by Crippen LogP contribution is -2.06. The van der Waals surface area contributed by atoms with Gasteiger partial charge in [-0.3, -0.25) is 0 Å². The number of methoxy groups -OCH3 is 1.